The molecule has 2 aromatic carbocycles. The Morgan fingerprint density at radius 2 is 1.81 bits per heavy atom. The molecule has 0 N–H and O–H groups in total. The Hall–Kier alpha value is -2.87. The molecule has 0 unspecified atom stereocenters. The Balaban J connectivity index is 2.45. The highest BCUT2D eigenvalue weighted by Gasteiger charge is 2.30. The van der Waals surface area contributed by atoms with Crippen molar-refractivity contribution in [2.45, 2.75) is 31.1 Å². The van der Waals surface area contributed by atoms with E-state index < -0.39 is 32.5 Å². The van der Waals surface area contributed by atoms with Gasteiger partial charge >= 0.3 is 0 Å². The highest BCUT2D eigenvalue weighted by atomic mass is 32.2. The number of halogens is 3. The number of alkyl halides is 2. The summed E-state index contributed by atoms with van der Waals surface area (Å²) in [5, 5.41) is 0. The number of pyridine rings is 1. The molecular formula is C23H22F3NO3S. The first-order valence-corrected chi connectivity index (χ1v) is 11.6. The van der Waals surface area contributed by atoms with E-state index in [-0.39, 0.29) is 12.4 Å². The first-order chi connectivity index (χ1) is 14.7. The standard InChI is InChI=1S/C23H22F3NO3S/c1-3-4-12-30-22-20(16-6-5-11-27-14-16)18(15-7-9-17(24)10-8-15)13-19(31(2,28)29)21(22)23(25)26/h5-11,13-14,23H,3-4,12H2,1-2H3. The molecule has 3 rings (SSSR count). The maximum atomic E-state index is 14.2. The van der Waals surface area contributed by atoms with E-state index >= 15 is 0 Å². The average Bonchev–Trinajstić information content (AvgIpc) is 2.73. The van der Waals surface area contributed by atoms with Gasteiger partial charge in [0.25, 0.3) is 6.43 Å². The van der Waals surface area contributed by atoms with E-state index in [1.807, 2.05) is 6.92 Å². The topological polar surface area (TPSA) is 56.3 Å². The van der Waals surface area contributed by atoms with Crippen molar-refractivity contribution in [3.8, 4) is 28.0 Å². The molecule has 0 amide bonds. The highest BCUT2D eigenvalue weighted by molar-refractivity contribution is 7.90. The van der Waals surface area contributed by atoms with E-state index in [2.05, 4.69) is 4.98 Å². The highest BCUT2D eigenvalue weighted by Crippen LogP contribution is 2.47. The summed E-state index contributed by atoms with van der Waals surface area (Å²) in [6, 6.07) is 9.91. The van der Waals surface area contributed by atoms with Gasteiger partial charge < -0.3 is 4.74 Å². The zero-order valence-corrected chi connectivity index (χ0v) is 17.9. The van der Waals surface area contributed by atoms with Crippen LogP contribution in [-0.2, 0) is 9.84 Å². The molecule has 0 fully saturated rings. The number of unbranched alkanes of at least 4 members (excludes halogenated alkanes) is 1. The molecule has 0 saturated carbocycles. The van der Waals surface area contributed by atoms with Gasteiger partial charge in [0, 0.05) is 29.8 Å². The molecule has 164 valence electrons. The van der Waals surface area contributed by atoms with Crippen molar-refractivity contribution >= 4 is 9.84 Å². The van der Waals surface area contributed by atoms with Crippen molar-refractivity contribution in [2.75, 3.05) is 12.9 Å². The normalized spacial score (nSPS) is 11.7. The van der Waals surface area contributed by atoms with Gasteiger partial charge in [0.2, 0.25) is 0 Å². The second kappa shape index (κ2) is 9.51. The lowest BCUT2D eigenvalue weighted by Crippen LogP contribution is -2.10. The molecule has 0 bridgehead atoms. The average molecular weight is 449 g/mol. The molecule has 0 spiro atoms. The van der Waals surface area contributed by atoms with Gasteiger partial charge in [0.1, 0.15) is 11.6 Å². The van der Waals surface area contributed by atoms with Crippen LogP contribution in [0.1, 0.15) is 31.8 Å². The quantitative estimate of drug-likeness (QED) is 0.392. The van der Waals surface area contributed by atoms with Crippen LogP contribution < -0.4 is 4.74 Å². The molecule has 1 heterocycles. The summed E-state index contributed by atoms with van der Waals surface area (Å²) in [6.45, 7) is 2.07. The van der Waals surface area contributed by atoms with E-state index in [9.17, 15) is 21.6 Å². The lowest BCUT2D eigenvalue weighted by molar-refractivity contribution is 0.141. The lowest BCUT2D eigenvalue weighted by Gasteiger charge is -2.22. The van der Waals surface area contributed by atoms with Crippen LogP contribution in [0.4, 0.5) is 13.2 Å². The van der Waals surface area contributed by atoms with E-state index in [1.54, 1.807) is 12.1 Å². The minimum absolute atomic E-state index is 0.138. The fourth-order valence-electron chi connectivity index (χ4n) is 3.29. The first kappa shape index (κ1) is 22.8. The maximum Gasteiger partial charge on any atom is 0.268 e. The first-order valence-electron chi connectivity index (χ1n) is 9.72. The van der Waals surface area contributed by atoms with Gasteiger partial charge in [-0.15, -0.1) is 0 Å². The second-order valence-corrected chi connectivity index (χ2v) is 9.05. The Kier molecular flexibility index (Phi) is 7.00. The second-order valence-electron chi connectivity index (χ2n) is 7.06. The summed E-state index contributed by atoms with van der Waals surface area (Å²) >= 11 is 0. The van der Waals surface area contributed by atoms with E-state index in [0.717, 1.165) is 12.7 Å². The van der Waals surface area contributed by atoms with E-state index in [0.29, 0.717) is 28.7 Å². The van der Waals surface area contributed by atoms with Gasteiger partial charge in [-0.3, -0.25) is 4.98 Å². The van der Waals surface area contributed by atoms with Crippen LogP contribution >= 0.6 is 0 Å². The molecule has 3 aromatic rings. The molecular weight excluding hydrogens is 427 g/mol. The van der Waals surface area contributed by atoms with Crippen molar-refractivity contribution in [1.29, 1.82) is 0 Å². The van der Waals surface area contributed by atoms with E-state index in [4.69, 9.17) is 4.74 Å². The summed E-state index contributed by atoms with van der Waals surface area (Å²) in [7, 11) is -4.02. The minimum atomic E-state index is -4.02. The maximum absolute atomic E-state index is 14.2. The van der Waals surface area contributed by atoms with Gasteiger partial charge in [0.15, 0.2) is 9.84 Å². The fraction of sp³-hybridized carbons (Fsp3) is 0.261. The smallest absolute Gasteiger partial charge is 0.268 e. The predicted octanol–water partition coefficient (Wildman–Crippen LogP) is 6.07. The van der Waals surface area contributed by atoms with Crippen molar-refractivity contribution in [2.24, 2.45) is 0 Å². The van der Waals surface area contributed by atoms with Crippen LogP contribution in [-0.4, -0.2) is 26.3 Å². The van der Waals surface area contributed by atoms with Crippen LogP contribution in [0, 0.1) is 5.82 Å². The largest absolute Gasteiger partial charge is 0.492 e. The molecule has 0 radical (unpaired) electrons. The van der Waals surface area contributed by atoms with Gasteiger partial charge in [-0.1, -0.05) is 31.5 Å². The number of rotatable bonds is 8. The molecule has 0 atom stereocenters. The van der Waals surface area contributed by atoms with Crippen LogP contribution in [0.3, 0.4) is 0 Å². The Morgan fingerprint density at radius 3 is 2.35 bits per heavy atom. The van der Waals surface area contributed by atoms with Crippen molar-refractivity contribution in [3.05, 3.63) is 66.2 Å². The van der Waals surface area contributed by atoms with Gasteiger partial charge in [0.05, 0.1) is 17.1 Å². The van der Waals surface area contributed by atoms with Crippen molar-refractivity contribution in [1.82, 2.24) is 4.98 Å². The molecule has 1 aromatic heterocycles. The Labute approximate surface area is 179 Å². The van der Waals surface area contributed by atoms with Crippen LogP contribution in [0.25, 0.3) is 22.3 Å². The summed E-state index contributed by atoms with van der Waals surface area (Å²) in [5.74, 6) is -0.669. The summed E-state index contributed by atoms with van der Waals surface area (Å²) < 4.78 is 72.6. The fourth-order valence-corrected chi connectivity index (χ4v) is 4.20. The Morgan fingerprint density at radius 1 is 1.10 bits per heavy atom. The number of benzene rings is 2. The zero-order chi connectivity index (χ0) is 22.6. The lowest BCUT2D eigenvalue weighted by atomic mass is 9.92. The number of nitrogens with zero attached hydrogens (tertiary/aromatic N) is 1. The number of sulfone groups is 1. The molecule has 0 aliphatic carbocycles. The molecule has 4 nitrogen and oxygen atoms in total. The number of hydrogen-bond donors (Lipinski definition) is 0. The number of aromatic nitrogens is 1. The van der Waals surface area contributed by atoms with Gasteiger partial charge in [-0.05, 0) is 41.8 Å². The third-order valence-electron chi connectivity index (χ3n) is 4.75. The summed E-state index contributed by atoms with van der Waals surface area (Å²) in [6.07, 6.45) is 2.19. The van der Waals surface area contributed by atoms with Crippen molar-refractivity contribution in [3.63, 3.8) is 0 Å². The zero-order valence-electron chi connectivity index (χ0n) is 17.1. The molecule has 0 aliphatic rings. The van der Waals surface area contributed by atoms with E-state index in [1.165, 1.54) is 42.7 Å². The van der Waals surface area contributed by atoms with Crippen LogP contribution in [0.5, 0.6) is 5.75 Å². The number of ether oxygens (including phenoxy) is 1. The third-order valence-corrected chi connectivity index (χ3v) is 5.89. The third kappa shape index (κ3) is 5.07. The summed E-state index contributed by atoms with van der Waals surface area (Å²) in [5.41, 5.74) is 0.896. The SMILES string of the molecule is CCCCOc1c(-c2cccnc2)c(-c2ccc(F)cc2)cc(S(C)(=O)=O)c1C(F)F. The summed E-state index contributed by atoms with van der Waals surface area (Å²) in [4.78, 5) is 3.56. The van der Waals surface area contributed by atoms with Crippen LogP contribution in [0.2, 0.25) is 0 Å². The van der Waals surface area contributed by atoms with Crippen LogP contribution in [0.15, 0.2) is 59.8 Å². The predicted molar refractivity (Wildman–Crippen MR) is 114 cm³/mol. The Bertz CT molecular complexity index is 1150. The van der Waals surface area contributed by atoms with Gasteiger partial charge in [-0.2, -0.15) is 0 Å². The molecule has 8 heteroatoms. The molecule has 0 saturated heterocycles. The molecule has 31 heavy (non-hydrogen) atoms. The molecule has 0 aliphatic heterocycles. The van der Waals surface area contributed by atoms with Gasteiger partial charge in [-0.25, -0.2) is 21.6 Å². The number of hydrogen-bond acceptors (Lipinski definition) is 4. The van der Waals surface area contributed by atoms with Crippen molar-refractivity contribution < 1.29 is 26.3 Å². The monoisotopic (exact) mass is 449 g/mol. The minimum Gasteiger partial charge on any atom is -0.492 e.